The summed E-state index contributed by atoms with van der Waals surface area (Å²) >= 11 is 0. The van der Waals surface area contributed by atoms with Gasteiger partial charge in [0.2, 0.25) is 10.0 Å². The van der Waals surface area contributed by atoms with E-state index in [-0.39, 0.29) is 18.0 Å². The Kier molecular flexibility index (Phi) is 4.98. The lowest BCUT2D eigenvalue weighted by Crippen LogP contribution is -2.28. The molecule has 2 aromatic rings. The van der Waals surface area contributed by atoms with Crippen LogP contribution in [-0.2, 0) is 10.0 Å². The molecule has 21 heavy (non-hydrogen) atoms. The topological polar surface area (TPSA) is 55.4 Å². The molecule has 0 heterocycles. The molecule has 2 rings (SSSR count). The molecule has 0 saturated heterocycles. The number of nitrogens with one attached hydrogen (secondary N) is 1. The molecule has 4 nitrogen and oxygen atoms in total. The van der Waals surface area contributed by atoms with Crippen LogP contribution in [0.25, 0.3) is 0 Å². The molecule has 0 amide bonds. The van der Waals surface area contributed by atoms with Crippen molar-refractivity contribution in [1.29, 1.82) is 0 Å². The minimum absolute atomic E-state index is 0.227. The highest BCUT2D eigenvalue weighted by molar-refractivity contribution is 7.89. The number of hydrogen-bond acceptors (Lipinski definition) is 3. The van der Waals surface area contributed by atoms with E-state index in [1.54, 1.807) is 24.3 Å². The average Bonchev–Trinajstić information content (AvgIpc) is 2.46. The first-order chi connectivity index (χ1) is 9.99. The van der Waals surface area contributed by atoms with Crippen LogP contribution >= 0.6 is 0 Å². The van der Waals surface area contributed by atoms with Gasteiger partial charge in [-0.3, -0.25) is 0 Å². The molecule has 0 aliphatic rings. The zero-order chi connectivity index (χ0) is 15.3. The van der Waals surface area contributed by atoms with Gasteiger partial charge in [-0.1, -0.05) is 35.9 Å². The second kappa shape index (κ2) is 6.74. The molecule has 1 N–H and O–H groups in total. The Morgan fingerprint density at radius 1 is 1.00 bits per heavy atom. The maximum atomic E-state index is 12.1. The van der Waals surface area contributed by atoms with E-state index in [2.05, 4.69) is 4.72 Å². The molecule has 112 valence electrons. The first-order valence-electron chi connectivity index (χ1n) is 6.74. The quantitative estimate of drug-likeness (QED) is 0.835. The largest absolute Gasteiger partial charge is 0.492 e. The van der Waals surface area contributed by atoms with Gasteiger partial charge in [0.25, 0.3) is 0 Å². The van der Waals surface area contributed by atoms with Crippen molar-refractivity contribution in [2.45, 2.75) is 18.7 Å². The zero-order valence-electron chi connectivity index (χ0n) is 12.2. The van der Waals surface area contributed by atoms with Crippen molar-refractivity contribution in [3.63, 3.8) is 0 Å². The molecule has 0 aliphatic heterocycles. The van der Waals surface area contributed by atoms with E-state index in [9.17, 15) is 8.42 Å². The van der Waals surface area contributed by atoms with Gasteiger partial charge < -0.3 is 4.74 Å². The van der Waals surface area contributed by atoms with Crippen LogP contribution in [0.15, 0.2) is 53.4 Å². The lowest BCUT2D eigenvalue weighted by atomic mass is 10.2. The summed E-state index contributed by atoms with van der Waals surface area (Å²) in [6.45, 7) is 4.38. The van der Waals surface area contributed by atoms with Crippen LogP contribution in [-0.4, -0.2) is 21.6 Å². The molecule has 0 unspecified atom stereocenters. The van der Waals surface area contributed by atoms with Crippen LogP contribution < -0.4 is 9.46 Å². The second-order valence-corrected chi connectivity index (χ2v) is 6.59. The number of sulfonamides is 1. The molecule has 0 radical (unpaired) electrons. The molecular formula is C16H19NO3S. The summed E-state index contributed by atoms with van der Waals surface area (Å²) in [4.78, 5) is 0.268. The Morgan fingerprint density at radius 3 is 2.33 bits per heavy atom. The minimum atomic E-state index is -3.47. The predicted octanol–water partition coefficient (Wildman–Crippen LogP) is 2.66. The van der Waals surface area contributed by atoms with E-state index in [0.717, 1.165) is 16.9 Å². The van der Waals surface area contributed by atoms with Crippen molar-refractivity contribution in [2.75, 3.05) is 13.2 Å². The Morgan fingerprint density at radius 2 is 1.67 bits per heavy atom. The van der Waals surface area contributed by atoms with Crippen LogP contribution in [0, 0.1) is 13.8 Å². The van der Waals surface area contributed by atoms with E-state index >= 15 is 0 Å². The molecule has 2 aromatic carbocycles. The summed E-state index contributed by atoms with van der Waals surface area (Å²) in [7, 11) is -3.47. The molecule has 0 aromatic heterocycles. The second-order valence-electron chi connectivity index (χ2n) is 4.82. The normalized spacial score (nSPS) is 11.3. The van der Waals surface area contributed by atoms with E-state index in [1.165, 1.54) is 0 Å². The van der Waals surface area contributed by atoms with Gasteiger partial charge in [-0.25, -0.2) is 13.1 Å². The summed E-state index contributed by atoms with van der Waals surface area (Å²) in [5.41, 5.74) is 2.05. The van der Waals surface area contributed by atoms with Crippen molar-refractivity contribution in [3.8, 4) is 5.75 Å². The van der Waals surface area contributed by atoms with Gasteiger partial charge in [-0.05, 0) is 37.6 Å². The van der Waals surface area contributed by atoms with Gasteiger partial charge in [0, 0.05) is 6.54 Å². The molecule has 0 fully saturated rings. The number of aryl methyl sites for hydroxylation is 2. The third-order valence-corrected chi connectivity index (χ3v) is 4.55. The summed E-state index contributed by atoms with van der Waals surface area (Å²) in [6.07, 6.45) is 0. The van der Waals surface area contributed by atoms with Crippen LogP contribution in [0.2, 0.25) is 0 Å². The summed E-state index contributed by atoms with van der Waals surface area (Å²) in [5, 5.41) is 0. The Labute approximate surface area is 125 Å². The molecule has 0 saturated carbocycles. The van der Waals surface area contributed by atoms with Crippen molar-refractivity contribution >= 4 is 10.0 Å². The van der Waals surface area contributed by atoms with E-state index in [4.69, 9.17) is 4.74 Å². The van der Waals surface area contributed by atoms with Crippen molar-refractivity contribution < 1.29 is 13.2 Å². The number of hydrogen-bond donors (Lipinski definition) is 1. The maximum Gasteiger partial charge on any atom is 0.240 e. The van der Waals surface area contributed by atoms with Crippen LogP contribution in [0.3, 0.4) is 0 Å². The standard InChI is InChI=1S/C16H19NO3S/c1-13-7-9-15(10-8-13)21(18,19)17-11-12-20-16-6-4-3-5-14(16)2/h3-10,17H,11-12H2,1-2H3. The Bertz CT molecular complexity index is 694. The number of rotatable bonds is 6. The highest BCUT2D eigenvalue weighted by atomic mass is 32.2. The highest BCUT2D eigenvalue weighted by Gasteiger charge is 2.12. The van der Waals surface area contributed by atoms with Crippen molar-refractivity contribution in [3.05, 3.63) is 59.7 Å². The molecule has 0 aliphatic carbocycles. The van der Waals surface area contributed by atoms with Crippen molar-refractivity contribution in [2.24, 2.45) is 0 Å². The van der Waals surface area contributed by atoms with Gasteiger partial charge in [0.1, 0.15) is 12.4 Å². The fourth-order valence-corrected chi connectivity index (χ4v) is 2.87. The first kappa shape index (κ1) is 15.5. The Balaban J connectivity index is 1.88. The van der Waals surface area contributed by atoms with Gasteiger partial charge >= 0.3 is 0 Å². The fourth-order valence-electron chi connectivity index (χ4n) is 1.86. The predicted molar refractivity (Wildman–Crippen MR) is 83.0 cm³/mol. The van der Waals surface area contributed by atoms with Crippen molar-refractivity contribution in [1.82, 2.24) is 4.72 Å². The van der Waals surface area contributed by atoms with E-state index in [1.807, 2.05) is 38.1 Å². The third-order valence-electron chi connectivity index (χ3n) is 3.08. The monoisotopic (exact) mass is 305 g/mol. The number of para-hydroxylation sites is 1. The Hall–Kier alpha value is -1.85. The zero-order valence-corrected chi connectivity index (χ0v) is 13.0. The van der Waals surface area contributed by atoms with Gasteiger partial charge in [-0.15, -0.1) is 0 Å². The van der Waals surface area contributed by atoms with Crippen LogP contribution in [0.1, 0.15) is 11.1 Å². The molecule has 0 spiro atoms. The maximum absolute atomic E-state index is 12.1. The minimum Gasteiger partial charge on any atom is -0.492 e. The molecular weight excluding hydrogens is 286 g/mol. The molecule has 0 atom stereocenters. The molecule has 5 heteroatoms. The first-order valence-corrected chi connectivity index (χ1v) is 8.22. The number of ether oxygens (including phenoxy) is 1. The lowest BCUT2D eigenvalue weighted by molar-refractivity contribution is 0.320. The summed E-state index contributed by atoms with van der Waals surface area (Å²) in [6, 6.07) is 14.4. The van der Waals surface area contributed by atoms with Gasteiger partial charge in [0.15, 0.2) is 0 Å². The lowest BCUT2D eigenvalue weighted by Gasteiger charge is -2.10. The van der Waals surface area contributed by atoms with Crippen LogP contribution in [0.4, 0.5) is 0 Å². The van der Waals surface area contributed by atoms with Gasteiger partial charge in [0.05, 0.1) is 4.90 Å². The van der Waals surface area contributed by atoms with E-state index in [0.29, 0.717) is 0 Å². The molecule has 0 bridgehead atoms. The summed E-state index contributed by atoms with van der Waals surface area (Å²) in [5.74, 6) is 0.770. The third kappa shape index (κ3) is 4.31. The van der Waals surface area contributed by atoms with E-state index < -0.39 is 10.0 Å². The SMILES string of the molecule is Cc1ccc(S(=O)(=O)NCCOc2ccccc2C)cc1. The average molecular weight is 305 g/mol. The smallest absolute Gasteiger partial charge is 0.240 e. The summed E-state index contributed by atoms with van der Waals surface area (Å²) < 4.78 is 32.2. The van der Waals surface area contributed by atoms with Gasteiger partial charge in [-0.2, -0.15) is 0 Å². The number of benzene rings is 2. The fraction of sp³-hybridized carbons (Fsp3) is 0.250. The highest BCUT2D eigenvalue weighted by Crippen LogP contribution is 2.15. The van der Waals surface area contributed by atoms with Crippen LogP contribution in [0.5, 0.6) is 5.75 Å².